The van der Waals surface area contributed by atoms with Gasteiger partial charge in [0.2, 0.25) is 5.91 Å². The van der Waals surface area contributed by atoms with E-state index in [-0.39, 0.29) is 12.1 Å². The molecule has 1 aromatic rings. The number of hydrogen-bond acceptors (Lipinski definition) is 2. The van der Waals surface area contributed by atoms with Crippen LogP contribution in [-0.2, 0) is 4.79 Å². The Morgan fingerprint density at radius 1 is 1.22 bits per heavy atom. The van der Waals surface area contributed by atoms with E-state index in [1.807, 2.05) is 20.8 Å². The minimum Gasteiger partial charge on any atom is -0.322 e. The van der Waals surface area contributed by atoms with Crippen molar-refractivity contribution in [1.82, 2.24) is 5.32 Å². The third-order valence-corrected chi connectivity index (χ3v) is 2.05. The van der Waals surface area contributed by atoms with E-state index in [9.17, 15) is 18.0 Å². The van der Waals surface area contributed by atoms with Gasteiger partial charge in [-0.15, -0.1) is 0 Å². The molecule has 0 radical (unpaired) electrons. The summed E-state index contributed by atoms with van der Waals surface area (Å²) >= 11 is 0. The molecule has 0 atom stereocenters. The number of carbonyl (C=O) groups excluding carboxylic acids is 1. The molecule has 100 valence electrons. The van der Waals surface area contributed by atoms with Crippen molar-refractivity contribution in [3.8, 4) is 0 Å². The summed E-state index contributed by atoms with van der Waals surface area (Å²) in [5.41, 5.74) is -0.795. The van der Waals surface area contributed by atoms with Crippen LogP contribution in [0.2, 0.25) is 0 Å². The van der Waals surface area contributed by atoms with Gasteiger partial charge in [0.15, 0.2) is 11.6 Å². The first-order valence-electron chi connectivity index (χ1n) is 5.38. The topological polar surface area (TPSA) is 41.1 Å². The van der Waals surface area contributed by atoms with Crippen molar-refractivity contribution in [2.75, 3.05) is 11.9 Å². The van der Waals surface area contributed by atoms with Gasteiger partial charge >= 0.3 is 0 Å². The first-order valence-corrected chi connectivity index (χ1v) is 5.38. The second-order valence-electron chi connectivity index (χ2n) is 4.90. The SMILES string of the molecule is CC(C)(C)NCC(=O)Nc1cc(F)cc(F)c1F. The van der Waals surface area contributed by atoms with Crippen molar-refractivity contribution in [2.45, 2.75) is 26.3 Å². The van der Waals surface area contributed by atoms with Crippen molar-refractivity contribution < 1.29 is 18.0 Å². The Kier molecular flexibility index (Phi) is 4.34. The molecule has 0 spiro atoms. The molecule has 3 nitrogen and oxygen atoms in total. The Balaban J connectivity index is 2.71. The second-order valence-corrected chi connectivity index (χ2v) is 4.90. The lowest BCUT2D eigenvalue weighted by atomic mass is 10.1. The normalized spacial score (nSPS) is 11.4. The molecule has 0 heterocycles. The molecule has 18 heavy (non-hydrogen) atoms. The molecule has 1 amide bonds. The predicted octanol–water partition coefficient (Wildman–Crippen LogP) is 2.43. The maximum absolute atomic E-state index is 13.2. The molecule has 0 aliphatic heterocycles. The van der Waals surface area contributed by atoms with Crippen LogP contribution in [-0.4, -0.2) is 18.0 Å². The summed E-state index contributed by atoms with van der Waals surface area (Å²) in [5, 5.41) is 4.98. The highest BCUT2D eigenvalue weighted by atomic mass is 19.2. The molecule has 0 saturated carbocycles. The molecule has 0 saturated heterocycles. The number of rotatable bonds is 3. The molecular formula is C12H15F3N2O. The minimum absolute atomic E-state index is 0.0823. The minimum atomic E-state index is -1.34. The van der Waals surface area contributed by atoms with Crippen molar-refractivity contribution in [2.24, 2.45) is 0 Å². The standard InChI is InChI=1S/C12H15F3N2O/c1-12(2,3)16-6-10(18)17-9-5-7(13)4-8(14)11(9)15/h4-5,16H,6H2,1-3H3,(H,17,18). The van der Waals surface area contributed by atoms with Gasteiger partial charge in [0.1, 0.15) is 5.82 Å². The summed E-state index contributed by atoms with van der Waals surface area (Å²) in [4.78, 5) is 11.4. The number of benzene rings is 1. The summed E-state index contributed by atoms with van der Waals surface area (Å²) in [5.74, 6) is -4.14. The van der Waals surface area contributed by atoms with Gasteiger partial charge < -0.3 is 10.6 Å². The van der Waals surface area contributed by atoms with Crippen LogP contribution in [0, 0.1) is 17.5 Å². The first-order chi connectivity index (χ1) is 8.19. The van der Waals surface area contributed by atoms with Crippen LogP contribution in [0.3, 0.4) is 0 Å². The highest BCUT2D eigenvalue weighted by molar-refractivity contribution is 5.92. The molecule has 2 N–H and O–H groups in total. The third kappa shape index (κ3) is 4.37. The Labute approximate surface area is 103 Å². The zero-order valence-corrected chi connectivity index (χ0v) is 10.4. The molecule has 6 heteroatoms. The number of amides is 1. The molecule has 0 aliphatic carbocycles. The quantitative estimate of drug-likeness (QED) is 0.819. The Morgan fingerprint density at radius 2 is 1.83 bits per heavy atom. The average Bonchev–Trinajstić information content (AvgIpc) is 2.21. The van der Waals surface area contributed by atoms with Gasteiger partial charge in [0, 0.05) is 17.7 Å². The van der Waals surface area contributed by atoms with E-state index in [4.69, 9.17) is 0 Å². The molecule has 1 aromatic carbocycles. The largest absolute Gasteiger partial charge is 0.322 e. The second kappa shape index (κ2) is 5.39. The van der Waals surface area contributed by atoms with Crippen LogP contribution in [0.1, 0.15) is 20.8 Å². The zero-order valence-electron chi connectivity index (χ0n) is 10.4. The van der Waals surface area contributed by atoms with Crippen LogP contribution in [0.25, 0.3) is 0 Å². The molecule has 0 aromatic heterocycles. The monoisotopic (exact) mass is 260 g/mol. The van der Waals surface area contributed by atoms with Gasteiger partial charge in [-0.3, -0.25) is 4.79 Å². The van der Waals surface area contributed by atoms with Gasteiger partial charge in [-0.1, -0.05) is 0 Å². The van der Waals surface area contributed by atoms with Crippen LogP contribution in [0.15, 0.2) is 12.1 Å². The maximum atomic E-state index is 13.2. The Bertz CT molecular complexity index is 455. The molecule has 0 fully saturated rings. The van der Waals surface area contributed by atoms with Gasteiger partial charge in [-0.25, -0.2) is 13.2 Å². The van der Waals surface area contributed by atoms with Gasteiger partial charge in [0.25, 0.3) is 0 Å². The molecular weight excluding hydrogens is 245 g/mol. The van der Waals surface area contributed by atoms with Crippen LogP contribution < -0.4 is 10.6 Å². The fourth-order valence-electron chi connectivity index (χ4n) is 1.19. The van der Waals surface area contributed by atoms with Gasteiger partial charge in [0.05, 0.1) is 12.2 Å². The highest BCUT2D eigenvalue weighted by Crippen LogP contribution is 2.18. The predicted molar refractivity (Wildman–Crippen MR) is 62.7 cm³/mol. The number of halogens is 3. The van der Waals surface area contributed by atoms with E-state index in [1.54, 1.807) is 0 Å². The first kappa shape index (κ1) is 14.5. The summed E-state index contributed by atoms with van der Waals surface area (Å²) in [6.45, 7) is 5.47. The van der Waals surface area contributed by atoms with Crippen LogP contribution >= 0.6 is 0 Å². The molecule has 0 bridgehead atoms. The average molecular weight is 260 g/mol. The van der Waals surface area contributed by atoms with Crippen molar-refractivity contribution in [3.63, 3.8) is 0 Å². The van der Waals surface area contributed by atoms with E-state index < -0.39 is 29.0 Å². The van der Waals surface area contributed by atoms with Gasteiger partial charge in [-0.05, 0) is 20.8 Å². The lowest BCUT2D eigenvalue weighted by Gasteiger charge is -2.20. The fraction of sp³-hybridized carbons (Fsp3) is 0.417. The Morgan fingerprint density at radius 3 is 2.39 bits per heavy atom. The third-order valence-electron chi connectivity index (χ3n) is 2.05. The van der Waals surface area contributed by atoms with Crippen molar-refractivity contribution in [1.29, 1.82) is 0 Å². The lowest BCUT2D eigenvalue weighted by Crippen LogP contribution is -2.41. The van der Waals surface area contributed by atoms with E-state index in [1.165, 1.54) is 0 Å². The van der Waals surface area contributed by atoms with Crippen LogP contribution in [0.5, 0.6) is 0 Å². The van der Waals surface area contributed by atoms with Crippen LogP contribution in [0.4, 0.5) is 18.9 Å². The van der Waals surface area contributed by atoms with E-state index in [0.29, 0.717) is 6.07 Å². The molecule has 0 aliphatic rings. The smallest absolute Gasteiger partial charge is 0.238 e. The molecule has 0 unspecified atom stereocenters. The number of hydrogen-bond donors (Lipinski definition) is 2. The van der Waals surface area contributed by atoms with E-state index >= 15 is 0 Å². The number of anilines is 1. The van der Waals surface area contributed by atoms with E-state index in [2.05, 4.69) is 10.6 Å². The summed E-state index contributed by atoms with van der Waals surface area (Å²) in [6, 6.07) is 1.14. The molecule has 1 rings (SSSR count). The number of nitrogens with one attached hydrogen (secondary N) is 2. The Hall–Kier alpha value is -1.56. The maximum Gasteiger partial charge on any atom is 0.238 e. The lowest BCUT2D eigenvalue weighted by molar-refractivity contribution is -0.115. The zero-order chi connectivity index (χ0) is 13.9. The van der Waals surface area contributed by atoms with Crippen molar-refractivity contribution >= 4 is 11.6 Å². The van der Waals surface area contributed by atoms with Gasteiger partial charge in [-0.2, -0.15) is 0 Å². The number of carbonyl (C=O) groups is 1. The van der Waals surface area contributed by atoms with E-state index in [0.717, 1.165) is 6.07 Å². The highest BCUT2D eigenvalue weighted by Gasteiger charge is 2.15. The summed E-state index contributed by atoms with van der Waals surface area (Å²) < 4.78 is 39.0. The summed E-state index contributed by atoms with van der Waals surface area (Å²) in [7, 11) is 0. The van der Waals surface area contributed by atoms with Crippen molar-refractivity contribution in [3.05, 3.63) is 29.6 Å². The summed E-state index contributed by atoms with van der Waals surface area (Å²) in [6.07, 6.45) is 0. The fourth-order valence-corrected chi connectivity index (χ4v) is 1.19.